The average molecular weight is 653 g/mol. The Hall–Kier alpha value is -5.25. The molecule has 4 rings (SSSR count). The Kier molecular flexibility index (Phi) is 18.2. The summed E-state index contributed by atoms with van der Waals surface area (Å²) in [5.74, 6) is -2.83. The molecule has 0 radical (unpaired) electrons. The molecular formula is C34H33MnN2O8. The molecule has 2 aromatic heterocycles. The molecule has 11 heteroatoms. The SMILES string of the molecule is C=CCc1cccc(-c2cccc(-c3cccc(-c4cccc(CC=C)c4O)n3)n2)c1O.CC(=O)[O-].CC(=O)[O-].CC(=O)[O-].[Mn+3]. The van der Waals surface area contributed by atoms with E-state index < -0.39 is 17.9 Å². The third-order valence-corrected chi connectivity index (χ3v) is 5.28. The van der Waals surface area contributed by atoms with Crippen LogP contribution in [0.1, 0.15) is 31.9 Å². The number of benzene rings is 2. The Morgan fingerprint density at radius 2 is 0.867 bits per heavy atom. The fourth-order valence-electron chi connectivity index (χ4n) is 3.69. The maximum absolute atomic E-state index is 10.7. The molecule has 0 spiro atoms. The number of aromatic hydroxyl groups is 2. The fraction of sp³-hybridized carbons (Fsp3) is 0.147. The number of rotatable bonds is 7. The molecular weight excluding hydrogens is 619 g/mol. The van der Waals surface area contributed by atoms with Crippen LogP contribution in [-0.2, 0) is 44.3 Å². The molecule has 10 nitrogen and oxygen atoms in total. The molecule has 0 unspecified atom stereocenters. The van der Waals surface area contributed by atoms with Gasteiger partial charge in [-0.05, 0) is 81.1 Å². The van der Waals surface area contributed by atoms with Crippen molar-refractivity contribution in [3.63, 3.8) is 0 Å². The minimum atomic E-state index is -1.08. The van der Waals surface area contributed by atoms with Crippen LogP contribution in [0.15, 0.2) is 98.1 Å². The first-order chi connectivity index (χ1) is 20.8. The number of aromatic nitrogens is 2. The van der Waals surface area contributed by atoms with E-state index in [-0.39, 0.29) is 28.6 Å². The van der Waals surface area contributed by atoms with Gasteiger partial charge in [0.1, 0.15) is 11.5 Å². The van der Waals surface area contributed by atoms with E-state index in [2.05, 4.69) is 13.2 Å². The van der Waals surface area contributed by atoms with E-state index in [9.17, 15) is 10.2 Å². The van der Waals surface area contributed by atoms with E-state index in [0.717, 1.165) is 31.9 Å². The van der Waals surface area contributed by atoms with Crippen LogP contribution < -0.4 is 15.3 Å². The van der Waals surface area contributed by atoms with Gasteiger partial charge in [0.05, 0.1) is 22.8 Å². The number of para-hydroxylation sites is 2. The molecule has 0 fully saturated rings. The van der Waals surface area contributed by atoms with Gasteiger partial charge in [-0.3, -0.25) is 0 Å². The van der Waals surface area contributed by atoms with Crippen molar-refractivity contribution in [2.24, 2.45) is 0 Å². The van der Waals surface area contributed by atoms with E-state index in [0.29, 0.717) is 46.7 Å². The first-order valence-electron chi connectivity index (χ1n) is 13.1. The normalized spacial score (nSPS) is 9.22. The molecule has 0 saturated heterocycles. The number of phenols is 2. The maximum atomic E-state index is 10.7. The molecule has 0 aliphatic carbocycles. The number of hydrogen-bond acceptors (Lipinski definition) is 10. The van der Waals surface area contributed by atoms with Crippen LogP contribution in [0.25, 0.3) is 33.9 Å². The molecule has 45 heavy (non-hydrogen) atoms. The molecule has 0 amide bonds. The number of nitrogens with zero attached hydrogens (tertiary/aromatic N) is 2. The maximum Gasteiger partial charge on any atom is 3.00 e. The molecule has 0 bridgehead atoms. The average Bonchev–Trinajstić information content (AvgIpc) is 2.95. The number of phenolic OH excluding ortho intramolecular Hbond substituents is 2. The van der Waals surface area contributed by atoms with Crippen molar-refractivity contribution in [2.75, 3.05) is 0 Å². The number of pyridine rings is 2. The van der Waals surface area contributed by atoms with E-state index >= 15 is 0 Å². The molecule has 0 aliphatic heterocycles. The number of carboxylic acid groups (broad SMARTS) is 3. The minimum absolute atomic E-state index is 0. The summed E-state index contributed by atoms with van der Waals surface area (Å²) >= 11 is 0. The van der Waals surface area contributed by atoms with Gasteiger partial charge in [-0.25, -0.2) is 9.97 Å². The molecule has 0 atom stereocenters. The van der Waals surface area contributed by atoms with Gasteiger partial charge in [-0.15, -0.1) is 13.2 Å². The predicted octanol–water partition coefficient (Wildman–Crippen LogP) is 2.61. The second-order valence-corrected chi connectivity index (χ2v) is 8.90. The van der Waals surface area contributed by atoms with Gasteiger partial charge in [0.25, 0.3) is 0 Å². The van der Waals surface area contributed by atoms with E-state index in [1.165, 1.54) is 0 Å². The van der Waals surface area contributed by atoms with Crippen LogP contribution in [0.5, 0.6) is 11.5 Å². The molecule has 4 aromatic rings. The molecule has 2 N–H and O–H groups in total. The van der Waals surface area contributed by atoms with Gasteiger partial charge >= 0.3 is 17.1 Å². The summed E-state index contributed by atoms with van der Waals surface area (Å²) in [6.07, 6.45) is 4.68. The smallest absolute Gasteiger partial charge is 0.550 e. The summed E-state index contributed by atoms with van der Waals surface area (Å²) in [5, 5.41) is 48.0. The predicted molar refractivity (Wildman–Crippen MR) is 162 cm³/mol. The zero-order valence-electron chi connectivity index (χ0n) is 25.0. The summed E-state index contributed by atoms with van der Waals surface area (Å²) in [6.45, 7) is 10.4. The number of carbonyl (C=O) groups is 3. The van der Waals surface area contributed by atoms with E-state index in [1.807, 2.05) is 72.8 Å². The van der Waals surface area contributed by atoms with Crippen LogP contribution in [0, 0.1) is 0 Å². The Morgan fingerprint density at radius 1 is 0.600 bits per heavy atom. The van der Waals surface area contributed by atoms with Gasteiger partial charge < -0.3 is 39.9 Å². The van der Waals surface area contributed by atoms with Crippen molar-refractivity contribution < 1.29 is 57.0 Å². The number of allylic oxidation sites excluding steroid dienone is 2. The van der Waals surface area contributed by atoms with Crippen LogP contribution >= 0.6 is 0 Å². The van der Waals surface area contributed by atoms with Crippen molar-refractivity contribution in [2.45, 2.75) is 33.6 Å². The summed E-state index contributed by atoms with van der Waals surface area (Å²) in [7, 11) is 0. The summed E-state index contributed by atoms with van der Waals surface area (Å²) < 4.78 is 0. The largest absolute Gasteiger partial charge is 3.00 e. The topological polar surface area (TPSA) is 187 Å². The zero-order chi connectivity index (χ0) is 33.2. The van der Waals surface area contributed by atoms with Crippen molar-refractivity contribution in [3.05, 3.63) is 109 Å². The second kappa shape index (κ2) is 20.6. The number of aliphatic carboxylic acids is 3. The van der Waals surface area contributed by atoms with Crippen molar-refractivity contribution in [1.29, 1.82) is 0 Å². The monoisotopic (exact) mass is 652 g/mol. The first-order valence-corrected chi connectivity index (χ1v) is 13.1. The van der Waals surface area contributed by atoms with Crippen molar-refractivity contribution in [3.8, 4) is 45.4 Å². The number of carbonyl (C=O) groups excluding carboxylic acids is 3. The molecule has 0 aliphatic rings. The second-order valence-electron chi connectivity index (χ2n) is 8.90. The van der Waals surface area contributed by atoms with E-state index in [4.69, 9.17) is 39.7 Å². The summed E-state index contributed by atoms with van der Waals surface area (Å²) in [5.41, 5.74) is 5.62. The molecule has 2 heterocycles. The standard InChI is InChI=1S/C28H24N2O2.3C2H4O2.Mn/c1-3-9-19-11-5-13-21(27(19)31)23-15-7-17-25(29-23)26-18-8-16-24(30-26)22-14-6-12-20(10-4-2)28(22)32;3*1-2(3)4;/h3-8,11-18,31-32H,1-2,9-10H2;3*1H3,(H,3,4);/q;;;;+3/p-3. The Balaban J connectivity index is 0.00000128. The summed E-state index contributed by atoms with van der Waals surface area (Å²) in [4.78, 5) is 36.2. The van der Waals surface area contributed by atoms with Gasteiger partial charge in [0.15, 0.2) is 0 Å². The van der Waals surface area contributed by atoms with E-state index in [1.54, 1.807) is 12.2 Å². The quantitative estimate of drug-likeness (QED) is 0.222. The Labute approximate surface area is 272 Å². The zero-order valence-corrected chi connectivity index (χ0v) is 26.2. The number of hydrogen-bond donors (Lipinski definition) is 2. The van der Waals surface area contributed by atoms with Crippen LogP contribution in [0.4, 0.5) is 0 Å². The van der Waals surface area contributed by atoms with Gasteiger partial charge in [-0.1, -0.05) is 48.6 Å². The van der Waals surface area contributed by atoms with Gasteiger partial charge in [0, 0.05) is 29.0 Å². The van der Waals surface area contributed by atoms with Crippen LogP contribution in [0.2, 0.25) is 0 Å². The molecule has 0 saturated carbocycles. The summed E-state index contributed by atoms with van der Waals surface area (Å²) in [6, 6.07) is 22.5. The fourth-order valence-corrected chi connectivity index (χ4v) is 3.69. The minimum Gasteiger partial charge on any atom is -0.550 e. The molecule has 234 valence electrons. The van der Waals surface area contributed by atoms with Crippen molar-refractivity contribution in [1.82, 2.24) is 9.97 Å². The Morgan fingerprint density at radius 3 is 1.16 bits per heavy atom. The van der Waals surface area contributed by atoms with Gasteiger partial charge in [0.2, 0.25) is 0 Å². The first kappa shape index (κ1) is 39.7. The van der Waals surface area contributed by atoms with Gasteiger partial charge in [-0.2, -0.15) is 0 Å². The molecule has 2 aromatic carbocycles. The van der Waals surface area contributed by atoms with Crippen LogP contribution in [0.3, 0.4) is 0 Å². The van der Waals surface area contributed by atoms with Crippen LogP contribution in [-0.4, -0.2) is 38.1 Å². The van der Waals surface area contributed by atoms with Crippen molar-refractivity contribution >= 4 is 17.9 Å². The third-order valence-electron chi connectivity index (χ3n) is 5.28. The number of carboxylic acids is 3. The third kappa shape index (κ3) is 14.2. The Bertz CT molecular complexity index is 1460.